The summed E-state index contributed by atoms with van der Waals surface area (Å²) in [5.41, 5.74) is -0.422. The molecule has 0 aromatic rings. The first-order chi connectivity index (χ1) is 8.66. The van der Waals surface area contributed by atoms with E-state index in [9.17, 15) is 4.79 Å². The number of hydrogen-bond donors (Lipinski definition) is 0. The van der Waals surface area contributed by atoms with Crippen LogP contribution < -0.4 is 0 Å². The third-order valence-corrected chi connectivity index (χ3v) is 3.90. The Kier molecular flexibility index (Phi) is 3.83. The Morgan fingerprint density at radius 2 is 2.00 bits per heavy atom. The Hall–Kier alpha value is -0.770. The molecule has 2 atom stereocenters. The minimum atomic E-state index is -0.418. The molecule has 1 amide bonds. The maximum atomic E-state index is 12.1. The summed E-state index contributed by atoms with van der Waals surface area (Å²) >= 11 is 0. The molecule has 0 aliphatic carbocycles. The molecule has 0 bridgehead atoms. The van der Waals surface area contributed by atoms with Crippen molar-refractivity contribution in [2.75, 3.05) is 13.1 Å². The van der Waals surface area contributed by atoms with Crippen LogP contribution in [-0.4, -0.2) is 41.4 Å². The molecule has 0 radical (unpaired) electrons. The fourth-order valence-corrected chi connectivity index (χ4v) is 2.94. The minimum Gasteiger partial charge on any atom is -0.444 e. The molecule has 0 saturated carbocycles. The summed E-state index contributed by atoms with van der Waals surface area (Å²) in [7, 11) is 0. The lowest BCUT2D eigenvalue weighted by Crippen LogP contribution is -2.52. The Morgan fingerprint density at radius 3 is 2.63 bits per heavy atom. The van der Waals surface area contributed by atoms with E-state index in [1.807, 2.05) is 25.7 Å². The van der Waals surface area contributed by atoms with Crippen molar-refractivity contribution >= 4 is 6.09 Å². The molecule has 2 rings (SSSR count). The van der Waals surface area contributed by atoms with Crippen LogP contribution in [0.4, 0.5) is 4.79 Å². The molecule has 2 saturated heterocycles. The van der Waals surface area contributed by atoms with Crippen LogP contribution in [0.25, 0.3) is 0 Å². The Balaban J connectivity index is 1.91. The average molecular weight is 269 g/mol. The number of rotatable bonds is 0. The Labute approximate surface area is 116 Å². The van der Waals surface area contributed by atoms with Crippen LogP contribution in [0.5, 0.6) is 0 Å². The van der Waals surface area contributed by atoms with Gasteiger partial charge in [0, 0.05) is 19.0 Å². The molecule has 2 fully saturated rings. The van der Waals surface area contributed by atoms with Gasteiger partial charge in [0.25, 0.3) is 0 Å². The number of carbonyl (C=O) groups is 1. The molecule has 0 unspecified atom stereocenters. The second kappa shape index (κ2) is 4.97. The third kappa shape index (κ3) is 3.85. The van der Waals surface area contributed by atoms with Gasteiger partial charge in [0.15, 0.2) is 0 Å². The van der Waals surface area contributed by atoms with Gasteiger partial charge in [0.1, 0.15) is 5.60 Å². The molecule has 0 aromatic heterocycles. The number of nitrogens with zero attached hydrogens (tertiary/aromatic N) is 1. The van der Waals surface area contributed by atoms with Gasteiger partial charge in [-0.15, -0.1) is 0 Å². The van der Waals surface area contributed by atoms with Gasteiger partial charge >= 0.3 is 6.09 Å². The van der Waals surface area contributed by atoms with Crippen LogP contribution in [0.15, 0.2) is 0 Å². The van der Waals surface area contributed by atoms with E-state index in [1.54, 1.807) is 0 Å². The zero-order chi connectivity index (χ0) is 14.3. The average Bonchev–Trinajstić information content (AvgIpc) is 2.24. The van der Waals surface area contributed by atoms with Gasteiger partial charge in [0.05, 0.1) is 11.7 Å². The predicted molar refractivity (Wildman–Crippen MR) is 74.1 cm³/mol. The maximum absolute atomic E-state index is 12.1. The van der Waals surface area contributed by atoms with Crippen LogP contribution in [0.3, 0.4) is 0 Å². The maximum Gasteiger partial charge on any atom is 0.410 e. The standard InChI is InChI=1S/C15H27NO3/c1-14(2,3)19-13(17)16-9-7-12-11(10-16)6-8-15(4,5)18-12/h11-12H,6-10H2,1-5H3/t11-,12+/m0/s1. The molecule has 4 nitrogen and oxygen atoms in total. The van der Waals surface area contributed by atoms with Crippen molar-refractivity contribution < 1.29 is 14.3 Å². The van der Waals surface area contributed by atoms with Gasteiger partial charge in [-0.1, -0.05) is 0 Å². The van der Waals surface area contributed by atoms with Gasteiger partial charge in [-0.05, 0) is 53.9 Å². The largest absolute Gasteiger partial charge is 0.444 e. The fraction of sp³-hybridized carbons (Fsp3) is 0.933. The summed E-state index contributed by atoms with van der Waals surface area (Å²) < 4.78 is 11.6. The van der Waals surface area contributed by atoms with Crippen molar-refractivity contribution in [3.05, 3.63) is 0 Å². The third-order valence-electron chi connectivity index (χ3n) is 3.90. The lowest BCUT2D eigenvalue weighted by atomic mass is 9.83. The molecule has 110 valence electrons. The number of amides is 1. The molecule has 4 heteroatoms. The minimum absolute atomic E-state index is 0.00471. The van der Waals surface area contributed by atoms with Crippen molar-refractivity contribution in [3.63, 3.8) is 0 Å². The molecule has 19 heavy (non-hydrogen) atoms. The van der Waals surface area contributed by atoms with Crippen molar-refractivity contribution in [1.29, 1.82) is 0 Å². The molecular weight excluding hydrogens is 242 g/mol. The number of piperidine rings is 1. The highest BCUT2D eigenvalue weighted by atomic mass is 16.6. The highest BCUT2D eigenvalue weighted by molar-refractivity contribution is 5.68. The highest BCUT2D eigenvalue weighted by Gasteiger charge is 2.40. The van der Waals surface area contributed by atoms with Gasteiger partial charge < -0.3 is 14.4 Å². The van der Waals surface area contributed by atoms with E-state index < -0.39 is 5.60 Å². The van der Waals surface area contributed by atoms with E-state index in [1.165, 1.54) is 0 Å². The van der Waals surface area contributed by atoms with E-state index in [0.29, 0.717) is 12.0 Å². The first kappa shape index (κ1) is 14.6. The number of ether oxygens (including phenoxy) is 2. The molecule has 0 aromatic carbocycles. The summed E-state index contributed by atoms with van der Waals surface area (Å²) in [6.45, 7) is 11.5. The highest BCUT2D eigenvalue weighted by Crippen LogP contribution is 2.36. The van der Waals surface area contributed by atoms with E-state index in [-0.39, 0.29) is 11.7 Å². The Bertz CT molecular complexity index is 346. The SMILES string of the molecule is CC(C)(C)OC(=O)N1CC[C@H]2OC(C)(C)CC[C@H]2C1. The van der Waals surface area contributed by atoms with Crippen molar-refractivity contribution in [2.24, 2.45) is 5.92 Å². The lowest BCUT2D eigenvalue weighted by Gasteiger charge is -2.46. The van der Waals surface area contributed by atoms with Crippen LogP contribution in [0, 0.1) is 5.92 Å². The van der Waals surface area contributed by atoms with Crippen molar-refractivity contribution in [2.45, 2.75) is 71.2 Å². The molecule has 2 heterocycles. The first-order valence-electron chi connectivity index (χ1n) is 7.32. The van der Waals surface area contributed by atoms with E-state index in [2.05, 4.69) is 13.8 Å². The summed E-state index contributed by atoms with van der Waals surface area (Å²) in [5, 5.41) is 0. The molecule has 2 aliphatic rings. The molecule has 2 aliphatic heterocycles. The number of likely N-dealkylation sites (tertiary alicyclic amines) is 1. The number of hydrogen-bond acceptors (Lipinski definition) is 3. The van der Waals surface area contributed by atoms with Crippen molar-refractivity contribution in [1.82, 2.24) is 4.90 Å². The van der Waals surface area contributed by atoms with Crippen LogP contribution in [0.1, 0.15) is 53.9 Å². The van der Waals surface area contributed by atoms with E-state index in [4.69, 9.17) is 9.47 Å². The zero-order valence-corrected chi connectivity index (χ0v) is 12.9. The topological polar surface area (TPSA) is 38.8 Å². The molecule has 0 N–H and O–H groups in total. The normalized spacial score (nSPS) is 30.7. The zero-order valence-electron chi connectivity index (χ0n) is 12.9. The smallest absolute Gasteiger partial charge is 0.410 e. The van der Waals surface area contributed by atoms with Gasteiger partial charge in [-0.25, -0.2) is 4.79 Å². The molecular formula is C15H27NO3. The molecule has 0 spiro atoms. The quantitative estimate of drug-likeness (QED) is 0.678. The number of carbonyl (C=O) groups excluding carboxylic acids is 1. The summed E-state index contributed by atoms with van der Waals surface area (Å²) in [5.74, 6) is 0.467. The van der Waals surface area contributed by atoms with Gasteiger partial charge in [-0.3, -0.25) is 0 Å². The van der Waals surface area contributed by atoms with Crippen molar-refractivity contribution in [3.8, 4) is 0 Å². The monoisotopic (exact) mass is 269 g/mol. The second-order valence-corrected chi connectivity index (χ2v) is 7.43. The van der Waals surface area contributed by atoms with Gasteiger partial charge in [0.2, 0.25) is 0 Å². The van der Waals surface area contributed by atoms with E-state index >= 15 is 0 Å². The fourth-order valence-electron chi connectivity index (χ4n) is 2.94. The number of fused-ring (bicyclic) bond motifs is 1. The summed E-state index contributed by atoms with van der Waals surface area (Å²) in [4.78, 5) is 13.9. The van der Waals surface area contributed by atoms with Crippen LogP contribution in [0.2, 0.25) is 0 Å². The van der Waals surface area contributed by atoms with Crippen LogP contribution >= 0.6 is 0 Å². The van der Waals surface area contributed by atoms with Crippen LogP contribution in [-0.2, 0) is 9.47 Å². The first-order valence-corrected chi connectivity index (χ1v) is 7.32. The summed E-state index contributed by atoms with van der Waals surface area (Å²) in [6, 6.07) is 0. The van der Waals surface area contributed by atoms with E-state index in [0.717, 1.165) is 32.4 Å². The second-order valence-electron chi connectivity index (χ2n) is 7.43. The lowest BCUT2D eigenvalue weighted by molar-refractivity contribution is -0.153. The Morgan fingerprint density at radius 1 is 1.32 bits per heavy atom. The predicted octanol–water partition coefficient (Wildman–Crippen LogP) is 3.20. The summed E-state index contributed by atoms with van der Waals surface area (Å²) in [6.07, 6.45) is 3.25. The van der Waals surface area contributed by atoms with Gasteiger partial charge in [-0.2, -0.15) is 0 Å².